The van der Waals surface area contributed by atoms with E-state index < -0.39 is 11.6 Å². The Labute approximate surface area is 124 Å². The quantitative estimate of drug-likeness (QED) is 0.799. The number of nitrogens with two attached hydrogens (primary N) is 1. The standard InChI is InChI=1S/C14H11F2N5O/c1-2-22-13-11-12(20-14(17)21-13)18-6-10(19-11)8-4-3-7(15)5-9(8)16/h3-6H,2H2,1H3,(H2,17,18,20,21). The Balaban J connectivity index is 2.20. The first kappa shape index (κ1) is 14.1. The van der Waals surface area contributed by atoms with E-state index in [0.29, 0.717) is 6.61 Å². The van der Waals surface area contributed by atoms with E-state index in [4.69, 9.17) is 10.5 Å². The molecule has 3 rings (SSSR count). The Bertz CT molecular complexity index is 856. The highest BCUT2D eigenvalue weighted by Gasteiger charge is 2.14. The third-order valence-corrected chi connectivity index (χ3v) is 2.88. The van der Waals surface area contributed by atoms with Gasteiger partial charge in [0.15, 0.2) is 11.2 Å². The van der Waals surface area contributed by atoms with Crippen molar-refractivity contribution in [3.8, 4) is 17.1 Å². The number of hydrogen-bond acceptors (Lipinski definition) is 6. The largest absolute Gasteiger partial charge is 0.476 e. The summed E-state index contributed by atoms with van der Waals surface area (Å²) in [6, 6.07) is 3.22. The van der Waals surface area contributed by atoms with Gasteiger partial charge in [-0.25, -0.2) is 18.7 Å². The Kier molecular flexibility index (Phi) is 3.50. The molecule has 0 saturated heterocycles. The van der Waals surface area contributed by atoms with Crippen LogP contribution in [-0.2, 0) is 0 Å². The van der Waals surface area contributed by atoms with Crippen LogP contribution in [0.4, 0.5) is 14.7 Å². The molecule has 2 aromatic heterocycles. The van der Waals surface area contributed by atoms with Gasteiger partial charge in [-0.2, -0.15) is 9.97 Å². The maximum Gasteiger partial charge on any atom is 0.247 e. The Morgan fingerprint density at radius 1 is 1.18 bits per heavy atom. The van der Waals surface area contributed by atoms with Gasteiger partial charge >= 0.3 is 0 Å². The van der Waals surface area contributed by atoms with E-state index in [1.807, 2.05) is 0 Å². The van der Waals surface area contributed by atoms with Crippen LogP contribution in [0.2, 0.25) is 0 Å². The van der Waals surface area contributed by atoms with Crippen molar-refractivity contribution in [2.24, 2.45) is 0 Å². The molecule has 0 bridgehead atoms. The zero-order valence-electron chi connectivity index (χ0n) is 11.5. The van der Waals surface area contributed by atoms with Crippen molar-refractivity contribution in [3.63, 3.8) is 0 Å². The number of aromatic nitrogens is 4. The summed E-state index contributed by atoms with van der Waals surface area (Å²) in [5.41, 5.74) is 6.41. The van der Waals surface area contributed by atoms with Gasteiger partial charge in [0.2, 0.25) is 11.8 Å². The average Bonchev–Trinajstić information content (AvgIpc) is 2.47. The van der Waals surface area contributed by atoms with Crippen LogP contribution in [-0.4, -0.2) is 26.5 Å². The molecule has 8 heteroatoms. The first-order valence-electron chi connectivity index (χ1n) is 6.47. The van der Waals surface area contributed by atoms with Crippen LogP contribution >= 0.6 is 0 Å². The smallest absolute Gasteiger partial charge is 0.247 e. The lowest BCUT2D eigenvalue weighted by Crippen LogP contribution is -2.04. The topological polar surface area (TPSA) is 86.8 Å². The molecule has 0 spiro atoms. The fourth-order valence-electron chi connectivity index (χ4n) is 1.96. The van der Waals surface area contributed by atoms with Crippen molar-refractivity contribution < 1.29 is 13.5 Å². The SMILES string of the molecule is CCOc1nc(N)nc2ncc(-c3ccc(F)cc3F)nc12. The highest BCUT2D eigenvalue weighted by molar-refractivity contribution is 5.79. The van der Waals surface area contributed by atoms with Crippen LogP contribution in [0.3, 0.4) is 0 Å². The van der Waals surface area contributed by atoms with E-state index >= 15 is 0 Å². The molecule has 0 aliphatic carbocycles. The van der Waals surface area contributed by atoms with E-state index in [2.05, 4.69) is 19.9 Å². The van der Waals surface area contributed by atoms with Crippen LogP contribution in [0.5, 0.6) is 5.88 Å². The predicted octanol–water partition coefficient (Wildman–Crippen LogP) is 2.35. The van der Waals surface area contributed by atoms with Crippen LogP contribution in [0, 0.1) is 11.6 Å². The van der Waals surface area contributed by atoms with Gasteiger partial charge in [0.1, 0.15) is 11.6 Å². The number of halogens is 2. The molecule has 22 heavy (non-hydrogen) atoms. The van der Waals surface area contributed by atoms with Crippen molar-refractivity contribution in [2.75, 3.05) is 12.3 Å². The second-order valence-corrected chi connectivity index (χ2v) is 4.37. The van der Waals surface area contributed by atoms with Crippen molar-refractivity contribution >= 4 is 17.1 Å². The van der Waals surface area contributed by atoms with Gasteiger partial charge in [-0.1, -0.05) is 0 Å². The van der Waals surface area contributed by atoms with E-state index in [1.165, 1.54) is 12.3 Å². The fraction of sp³-hybridized carbons (Fsp3) is 0.143. The van der Waals surface area contributed by atoms with Crippen molar-refractivity contribution in [3.05, 3.63) is 36.0 Å². The molecular formula is C14H11F2N5O. The van der Waals surface area contributed by atoms with Gasteiger partial charge < -0.3 is 10.5 Å². The number of nitrogen functional groups attached to an aromatic ring is 1. The maximum absolute atomic E-state index is 13.9. The second-order valence-electron chi connectivity index (χ2n) is 4.37. The monoisotopic (exact) mass is 303 g/mol. The minimum atomic E-state index is -0.733. The molecule has 6 nitrogen and oxygen atoms in total. The summed E-state index contributed by atoms with van der Waals surface area (Å²) in [6.45, 7) is 2.13. The number of ether oxygens (including phenoxy) is 1. The summed E-state index contributed by atoms with van der Waals surface area (Å²) in [6.07, 6.45) is 1.33. The molecule has 112 valence electrons. The number of anilines is 1. The van der Waals surface area contributed by atoms with E-state index in [9.17, 15) is 8.78 Å². The molecule has 2 N–H and O–H groups in total. The highest BCUT2D eigenvalue weighted by atomic mass is 19.1. The van der Waals surface area contributed by atoms with Gasteiger partial charge in [0.05, 0.1) is 18.5 Å². The molecule has 0 saturated carbocycles. The third-order valence-electron chi connectivity index (χ3n) is 2.88. The zero-order valence-corrected chi connectivity index (χ0v) is 11.5. The minimum absolute atomic E-state index is 0.00552. The summed E-state index contributed by atoms with van der Waals surface area (Å²) in [4.78, 5) is 16.3. The first-order chi connectivity index (χ1) is 10.6. The summed E-state index contributed by atoms with van der Waals surface area (Å²) < 4.78 is 32.2. The molecule has 0 aliphatic heterocycles. The number of fused-ring (bicyclic) bond motifs is 1. The minimum Gasteiger partial charge on any atom is -0.476 e. The predicted molar refractivity (Wildman–Crippen MR) is 76.1 cm³/mol. The Hall–Kier alpha value is -2.90. The van der Waals surface area contributed by atoms with Crippen molar-refractivity contribution in [1.82, 2.24) is 19.9 Å². The molecule has 0 unspecified atom stereocenters. The lowest BCUT2D eigenvalue weighted by molar-refractivity contribution is 0.330. The Morgan fingerprint density at radius 2 is 2.00 bits per heavy atom. The van der Waals surface area contributed by atoms with Gasteiger partial charge in [-0.3, -0.25) is 0 Å². The number of benzene rings is 1. The molecule has 2 heterocycles. The second kappa shape index (κ2) is 5.47. The fourth-order valence-corrected chi connectivity index (χ4v) is 1.96. The van der Waals surface area contributed by atoms with Gasteiger partial charge in [-0.05, 0) is 19.1 Å². The summed E-state index contributed by atoms with van der Waals surface area (Å²) in [5.74, 6) is -1.23. The van der Waals surface area contributed by atoms with Gasteiger partial charge in [0, 0.05) is 11.6 Å². The molecule has 3 aromatic rings. The van der Waals surface area contributed by atoms with E-state index in [0.717, 1.165) is 12.1 Å². The van der Waals surface area contributed by atoms with Crippen LogP contribution in [0.15, 0.2) is 24.4 Å². The van der Waals surface area contributed by atoms with Gasteiger partial charge in [-0.15, -0.1) is 0 Å². The Morgan fingerprint density at radius 3 is 2.73 bits per heavy atom. The number of hydrogen-bond donors (Lipinski definition) is 1. The third kappa shape index (κ3) is 2.50. The highest BCUT2D eigenvalue weighted by Crippen LogP contribution is 2.26. The number of nitrogens with zero attached hydrogens (tertiary/aromatic N) is 4. The van der Waals surface area contributed by atoms with Gasteiger partial charge in [0.25, 0.3) is 0 Å². The molecule has 0 fully saturated rings. The maximum atomic E-state index is 13.9. The zero-order chi connectivity index (χ0) is 15.7. The first-order valence-corrected chi connectivity index (χ1v) is 6.47. The van der Waals surface area contributed by atoms with Crippen LogP contribution in [0.25, 0.3) is 22.4 Å². The molecule has 0 amide bonds. The lowest BCUT2D eigenvalue weighted by atomic mass is 10.1. The normalized spacial score (nSPS) is 10.9. The molecule has 0 atom stereocenters. The summed E-state index contributed by atoms with van der Waals surface area (Å²) >= 11 is 0. The lowest BCUT2D eigenvalue weighted by Gasteiger charge is -2.08. The van der Waals surface area contributed by atoms with E-state index in [-0.39, 0.29) is 34.2 Å². The van der Waals surface area contributed by atoms with Crippen molar-refractivity contribution in [1.29, 1.82) is 0 Å². The average molecular weight is 303 g/mol. The van der Waals surface area contributed by atoms with E-state index in [1.54, 1.807) is 6.92 Å². The van der Waals surface area contributed by atoms with Crippen LogP contribution < -0.4 is 10.5 Å². The molecule has 0 aliphatic rings. The van der Waals surface area contributed by atoms with Crippen LogP contribution in [0.1, 0.15) is 6.92 Å². The number of rotatable bonds is 3. The summed E-state index contributed by atoms with van der Waals surface area (Å²) in [7, 11) is 0. The molecular weight excluding hydrogens is 292 g/mol. The molecule has 1 aromatic carbocycles. The molecule has 0 radical (unpaired) electrons. The van der Waals surface area contributed by atoms with Crippen molar-refractivity contribution in [2.45, 2.75) is 6.92 Å². The summed E-state index contributed by atoms with van der Waals surface area (Å²) in [5, 5.41) is 0.